The first-order valence-corrected chi connectivity index (χ1v) is 7.57. The van der Waals surface area contributed by atoms with Crippen molar-refractivity contribution in [3.8, 4) is 0 Å². The number of amides is 1. The molecule has 0 aliphatic carbocycles. The van der Waals surface area contributed by atoms with Crippen molar-refractivity contribution >= 4 is 11.6 Å². The zero-order valence-electron chi connectivity index (χ0n) is 13.5. The molecule has 3 heterocycles. The van der Waals surface area contributed by atoms with Crippen molar-refractivity contribution in [2.75, 3.05) is 20.2 Å². The lowest BCUT2D eigenvalue weighted by molar-refractivity contribution is 0.0754. The molecule has 0 aromatic carbocycles. The number of imidazole rings is 1. The smallest absolute Gasteiger partial charge is 0.257 e. The van der Waals surface area contributed by atoms with Crippen LogP contribution in [0, 0.1) is 0 Å². The summed E-state index contributed by atoms with van der Waals surface area (Å²) in [6, 6.07) is 0.436. The van der Waals surface area contributed by atoms with Crippen LogP contribution in [0.25, 0.3) is 5.65 Å². The summed E-state index contributed by atoms with van der Waals surface area (Å²) in [4.78, 5) is 14.9. The van der Waals surface area contributed by atoms with Crippen LogP contribution in [0.4, 0.5) is 0 Å². The standard InChI is InChI=1S/C15H23N5O2/c1-10(2)19-8-12(13(9-19)22-4)17-14(21)11-7-16-20-6-5-18(3)15(11)20/h5-7,10,12-13H,8-9H2,1-4H3,(H,17,21)/t12-,13-/m0/s1. The number of likely N-dealkylation sites (tertiary alicyclic amines) is 1. The second-order valence-electron chi connectivity index (χ2n) is 6.14. The van der Waals surface area contributed by atoms with Gasteiger partial charge in [0.05, 0.1) is 18.3 Å². The molecule has 22 heavy (non-hydrogen) atoms. The normalized spacial score (nSPS) is 22.8. The predicted molar refractivity (Wildman–Crippen MR) is 82.9 cm³/mol. The summed E-state index contributed by atoms with van der Waals surface area (Å²) in [6.07, 6.45) is 5.35. The number of methoxy groups -OCH3 is 1. The van der Waals surface area contributed by atoms with Gasteiger partial charge < -0.3 is 14.6 Å². The van der Waals surface area contributed by atoms with E-state index >= 15 is 0 Å². The maximum atomic E-state index is 12.6. The summed E-state index contributed by atoms with van der Waals surface area (Å²) in [5.41, 5.74) is 1.38. The zero-order valence-corrected chi connectivity index (χ0v) is 13.5. The SMILES string of the molecule is CO[C@H]1CN(C(C)C)C[C@@H]1NC(=O)c1cnn2ccn(C)c12. The maximum Gasteiger partial charge on any atom is 0.257 e. The van der Waals surface area contributed by atoms with Gasteiger partial charge in [0.15, 0.2) is 0 Å². The highest BCUT2D eigenvalue weighted by molar-refractivity contribution is 6.00. The third kappa shape index (κ3) is 2.50. The fraction of sp³-hybridized carbons (Fsp3) is 0.600. The van der Waals surface area contributed by atoms with Crippen LogP contribution in [0.3, 0.4) is 0 Å². The Bertz CT molecular complexity index is 675. The van der Waals surface area contributed by atoms with Gasteiger partial charge in [-0.1, -0.05) is 0 Å². The maximum absolute atomic E-state index is 12.6. The van der Waals surface area contributed by atoms with Crippen molar-refractivity contribution in [2.24, 2.45) is 7.05 Å². The Hall–Kier alpha value is -1.86. The zero-order chi connectivity index (χ0) is 15.9. The predicted octanol–water partition coefficient (Wildman–Crippen LogP) is 0.510. The molecule has 1 aliphatic rings. The van der Waals surface area contributed by atoms with E-state index in [0.717, 1.165) is 18.7 Å². The number of fused-ring (bicyclic) bond motifs is 1. The van der Waals surface area contributed by atoms with Crippen LogP contribution in [0.2, 0.25) is 0 Å². The minimum absolute atomic E-state index is 0.00452. The van der Waals surface area contributed by atoms with Gasteiger partial charge in [-0.05, 0) is 13.8 Å². The molecule has 1 fully saturated rings. The summed E-state index contributed by atoms with van der Waals surface area (Å²) in [5.74, 6) is -0.102. The molecule has 0 saturated carbocycles. The van der Waals surface area contributed by atoms with E-state index in [0.29, 0.717) is 11.6 Å². The minimum atomic E-state index is -0.102. The fourth-order valence-corrected chi connectivity index (χ4v) is 3.06. The number of aromatic nitrogens is 3. The summed E-state index contributed by atoms with van der Waals surface area (Å²) < 4.78 is 9.14. The summed E-state index contributed by atoms with van der Waals surface area (Å²) in [5, 5.41) is 7.31. The van der Waals surface area contributed by atoms with E-state index in [1.54, 1.807) is 17.8 Å². The van der Waals surface area contributed by atoms with E-state index in [9.17, 15) is 4.79 Å². The Balaban J connectivity index is 1.77. The van der Waals surface area contributed by atoms with Gasteiger partial charge in [0, 0.05) is 45.7 Å². The highest BCUT2D eigenvalue weighted by Crippen LogP contribution is 2.17. The van der Waals surface area contributed by atoms with Gasteiger partial charge in [0.1, 0.15) is 11.2 Å². The van der Waals surface area contributed by atoms with Crippen molar-refractivity contribution < 1.29 is 9.53 Å². The molecule has 0 unspecified atom stereocenters. The number of nitrogens with zero attached hydrogens (tertiary/aromatic N) is 4. The second kappa shape index (κ2) is 5.73. The molecule has 0 radical (unpaired) electrons. The first-order valence-electron chi connectivity index (χ1n) is 7.57. The molecule has 3 rings (SSSR count). The van der Waals surface area contributed by atoms with E-state index in [1.165, 1.54) is 0 Å². The highest BCUT2D eigenvalue weighted by Gasteiger charge is 2.35. The highest BCUT2D eigenvalue weighted by atomic mass is 16.5. The van der Waals surface area contributed by atoms with Crippen molar-refractivity contribution in [1.82, 2.24) is 24.4 Å². The van der Waals surface area contributed by atoms with E-state index < -0.39 is 0 Å². The number of rotatable bonds is 4. The molecule has 1 amide bonds. The molecule has 2 aromatic heterocycles. The number of carbonyl (C=O) groups excluding carboxylic acids is 1. The van der Waals surface area contributed by atoms with E-state index in [2.05, 4.69) is 29.2 Å². The van der Waals surface area contributed by atoms with E-state index in [-0.39, 0.29) is 18.1 Å². The molecule has 1 aliphatic heterocycles. The summed E-state index contributed by atoms with van der Waals surface area (Å²) in [7, 11) is 3.60. The summed E-state index contributed by atoms with van der Waals surface area (Å²) >= 11 is 0. The molecule has 0 spiro atoms. The minimum Gasteiger partial charge on any atom is -0.378 e. The molecular formula is C15H23N5O2. The topological polar surface area (TPSA) is 63.8 Å². The van der Waals surface area contributed by atoms with Crippen molar-refractivity contribution in [3.63, 3.8) is 0 Å². The average Bonchev–Trinajstić information content (AvgIpc) is 3.15. The van der Waals surface area contributed by atoms with Gasteiger partial charge in [0.2, 0.25) is 0 Å². The third-order valence-electron chi connectivity index (χ3n) is 4.42. The Labute approximate surface area is 129 Å². The molecular weight excluding hydrogens is 282 g/mol. The second-order valence-corrected chi connectivity index (χ2v) is 6.14. The number of carbonyl (C=O) groups is 1. The van der Waals surface area contributed by atoms with Crippen LogP contribution in [0.15, 0.2) is 18.6 Å². The van der Waals surface area contributed by atoms with Gasteiger partial charge in [0.25, 0.3) is 5.91 Å². The van der Waals surface area contributed by atoms with Gasteiger partial charge in [-0.15, -0.1) is 0 Å². The fourth-order valence-electron chi connectivity index (χ4n) is 3.06. The molecule has 7 heteroatoms. The molecule has 1 N–H and O–H groups in total. The monoisotopic (exact) mass is 305 g/mol. The molecule has 0 bridgehead atoms. The van der Waals surface area contributed by atoms with Crippen molar-refractivity contribution in [1.29, 1.82) is 0 Å². The number of ether oxygens (including phenoxy) is 1. The number of hydrogen-bond donors (Lipinski definition) is 1. The van der Waals surface area contributed by atoms with Crippen LogP contribution in [0.5, 0.6) is 0 Å². The van der Waals surface area contributed by atoms with Crippen LogP contribution >= 0.6 is 0 Å². The quantitative estimate of drug-likeness (QED) is 0.894. The average molecular weight is 305 g/mol. The number of aryl methyl sites for hydroxylation is 1. The Kier molecular flexibility index (Phi) is 3.92. The van der Waals surface area contributed by atoms with Crippen molar-refractivity contribution in [2.45, 2.75) is 32.0 Å². The molecule has 2 aromatic rings. The lowest BCUT2D eigenvalue weighted by Gasteiger charge is -2.19. The van der Waals surface area contributed by atoms with Crippen LogP contribution in [-0.4, -0.2) is 63.4 Å². The Morgan fingerprint density at radius 1 is 1.41 bits per heavy atom. The Morgan fingerprint density at radius 2 is 2.18 bits per heavy atom. The largest absolute Gasteiger partial charge is 0.378 e. The van der Waals surface area contributed by atoms with Crippen LogP contribution < -0.4 is 5.32 Å². The molecule has 1 saturated heterocycles. The molecule has 2 atom stereocenters. The first kappa shape index (κ1) is 15.1. The van der Waals surface area contributed by atoms with Gasteiger partial charge in [-0.25, -0.2) is 4.52 Å². The Morgan fingerprint density at radius 3 is 2.86 bits per heavy atom. The lowest BCUT2D eigenvalue weighted by atomic mass is 10.2. The van der Waals surface area contributed by atoms with Crippen molar-refractivity contribution in [3.05, 3.63) is 24.2 Å². The molecule has 120 valence electrons. The van der Waals surface area contributed by atoms with Crippen LogP contribution in [0.1, 0.15) is 24.2 Å². The van der Waals surface area contributed by atoms with E-state index in [1.807, 2.05) is 24.0 Å². The number of hydrogen-bond acceptors (Lipinski definition) is 4. The summed E-state index contributed by atoms with van der Waals surface area (Å²) in [6.45, 7) is 5.95. The van der Waals surface area contributed by atoms with Gasteiger partial charge >= 0.3 is 0 Å². The van der Waals surface area contributed by atoms with Crippen LogP contribution in [-0.2, 0) is 11.8 Å². The third-order valence-corrected chi connectivity index (χ3v) is 4.42. The molecule has 7 nitrogen and oxygen atoms in total. The number of nitrogens with one attached hydrogen (secondary N) is 1. The van der Waals surface area contributed by atoms with Gasteiger partial charge in [-0.3, -0.25) is 9.69 Å². The first-order chi connectivity index (χ1) is 10.5. The van der Waals surface area contributed by atoms with Gasteiger partial charge in [-0.2, -0.15) is 5.10 Å². The van der Waals surface area contributed by atoms with E-state index in [4.69, 9.17) is 4.74 Å². The lowest BCUT2D eigenvalue weighted by Crippen LogP contribution is -2.43.